The number of rotatable bonds is 0. The molecule has 0 spiro atoms. The molecule has 6 heteroatoms. The Hall–Kier alpha value is 1.37. The first-order valence-electron chi connectivity index (χ1n) is 0.730. The molecule has 0 aliphatic rings. The summed E-state index contributed by atoms with van der Waals surface area (Å²) >= 11 is 3.27. The van der Waals surface area contributed by atoms with Crippen LogP contribution in [0.4, 0.5) is 0 Å². The van der Waals surface area contributed by atoms with Crippen LogP contribution in [0.5, 0.6) is 0 Å². The first kappa shape index (κ1) is 10.4. The zero-order valence-corrected chi connectivity index (χ0v) is 7.66. The molecule has 0 N–H and O–H groups in total. The van der Waals surface area contributed by atoms with Crippen LogP contribution in [0, 0.1) is 0 Å². The molecule has 3 nitrogen and oxygen atoms in total. The van der Waals surface area contributed by atoms with Gasteiger partial charge in [0, 0.05) is 0 Å². The summed E-state index contributed by atoms with van der Waals surface area (Å²) in [5, 5.41) is 0. The van der Waals surface area contributed by atoms with Crippen molar-refractivity contribution in [3.05, 3.63) is 0 Å². The van der Waals surface area contributed by atoms with Crippen molar-refractivity contribution < 1.29 is 14.4 Å². The quantitative estimate of drug-likeness (QED) is 0.353. The van der Waals surface area contributed by atoms with E-state index in [-0.39, 0.29) is 25.8 Å². The Bertz CT molecular complexity index is 56.9. The standard InChI is InChI=1S/In.H3O3PS/c;1-4(2,3)5/h;(H3,1,2,3,5)/q+3;/p-3. The monoisotopic (exact) mass is 226 g/mol. The van der Waals surface area contributed by atoms with Crippen LogP contribution in [-0.2, 0) is 16.8 Å². The maximum Gasteiger partial charge on any atom is 3.00 e. The molecule has 0 aliphatic carbocycles. The van der Waals surface area contributed by atoms with Gasteiger partial charge in [0.25, 0.3) is 0 Å². The third-order valence-electron chi connectivity index (χ3n) is 0. The fraction of sp³-hybridized carbons (Fsp3) is 0. The fourth-order valence-electron chi connectivity index (χ4n) is 0. The molecule has 0 amide bonds. The van der Waals surface area contributed by atoms with Crippen molar-refractivity contribution in [3.63, 3.8) is 0 Å². The van der Waals surface area contributed by atoms with Gasteiger partial charge in [-0.05, 0) is 0 Å². The van der Waals surface area contributed by atoms with Gasteiger partial charge >= 0.3 is 25.8 Å². The molecule has 0 saturated heterocycles. The molecular weight excluding hydrogens is 226 g/mol. The number of hydrogen-bond acceptors (Lipinski definition) is 4. The SMILES string of the molecule is O=P([O-])([O-])[S-].[In+3]. The fourth-order valence-corrected chi connectivity index (χ4v) is 0. The second kappa shape index (κ2) is 3.38. The van der Waals surface area contributed by atoms with Gasteiger partial charge < -0.3 is 26.6 Å². The minimum absolute atomic E-state index is 0. The molecule has 0 heterocycles. The first-order chi connectivity index (χ1) is 2.00. The second-order valence-corrected chi connectivity index (χ2v) is 2.68. The van der Waals surface area contributed by atoms with Gasteiger partial charge in [-0.1, -0.05) is 0 Å². The van der Waals surface area contributed by atoms with Crippen LogP contribution in [0.15, 0.2) is 0 Å². The molecule has 0 aromatic rings. The van der Waals surface area contributed by atoms with E-state index in [2.05, 4.69) is 12.2 Å². The Morgan fingerprint density at radius 3 is 1.50 bits per heavy atom. The van der Waals surface area contributed by atoms with Crippen molar-refractivity contribution in [3.8, 4) is 0 Å². The summed E-state index contributed by atoms with van der Waals surface area (Å²) in [7, 11) is 0. The third-order valence-corrected chi connectivity index (χ3v) is 0. The van der Waals surface area contributed by atoms with Crippen LogP contribution in [0.3, 0.4) is 0 Å². The predicted molar refractivity (Wildman–Crippen MR) is 20.7 cm³/mol. The Balaban J connectivity index is 0. The summed E-state index contributed by atoms with van der Waals surface area (Å²) in [6, 6.07) is 0. The van der Waals surface area contributed by atoms with E-state index in [4.69, 9.17) is 14.4 Å². The molecule has 0 fully saturated rings. The van der Waals surface area contributed by atoms with Gasteiger partial charge in [0.15, 0.2) is 0 Å². The Labute approximate surface area is 59.2 Å². The van der Waals surface area contributed by atoms with Crippen molar-refractivity contribution in [2.75, 3.05) is 0 Å². The van der Waals surface area contributed by atoms with Crippen LogP contribution in [0.2, 0.25) is 0 Å². The van der Waals surface area contributed by atoms with Crippen LogP contribution >= 0.6 is 6.80 Å². The molecule has 0 saturated carbocycles. The normalized spacial score (nSPS) is 9.83. The van der Waals surface area contributed by atoms with Gasteiger partial charge in [0.1, 0.15) is 0 Å². The third kappa shape index (κ3) is 54.6. The van der Waals surface area contributed by atoms with Crippen molar-refractivity contribution >= 4 is 44.9 Å². The van der Waals surface area contributed by atoms with E-state index < -0.39 is 6.80 Å². The average molecular weight is 226 g/mol. The van der Waals surface area contributed by atoms with Gasteiger partial charge in [0.05, 0.1) is 0 Å². The average Bonchev–Trinajstić information content (AvgIpc) is 0.722. The predicted octanol–water partition coefficient (Wildman–Crippen LogP) is -2.02. The molecule has 32 valence electrons. The molecule has 0 unspecified atom stereocenters. The summed E-state index contributed by atoms with van der Waals surface area (Å²) in [4.78, 5) is 17.8. The zero-order chi connectivity index (χ0) is 4.50. The first-order valence-corrected chi connectivity index (χ1v) is 3.29. The van der Waals surface area contributed by atoms with E-state index in [9.17, 15) is 0 Å². The Morgan fingerprint density at radius 1 is 1.50 bits per heavy atom. The molecule has 6 heavy (non-hydrogen) atoms. The molecule has 0 aromatic carbocycles. The van der Waals surface area contributed by atoms with Crippen molar-refractivity contribution in [2.24, 2.45) is 0 Å². The smallest absolute Gasteiger partial charge is 0.829 e. The summed E-state index contributed by atoms with van der Waals surface area (Å²) < 4.78 is 8.92. The van der Waals surface area contributed by atoms with E-state index in [1.807, 2.05) is 0 Å². The van der Waals surface area contributed by atoms with E-state index in [0.29, 0.717) is 0 Å². The van der Waals surface area contributed by atoms with Gasteiger partial charge in [-0.2, -0.15) is 0 Å². The van der Waals surface area contributed by atoms with Crippen LogP contribution < -0.4 is 9.79 Å². The molecule has 0 rings (SSSR count). The maximum atomic E-state index is 8.92. The van der Waals surface area contributed by atoms with Crippen molar-refractivity contribution in [1.29, 1.82) is 0 Å². The van der Waals surface area contributed by atoms with Crippen LogP contribution in [0.1, 0.15) is 0 Å². The summed E-state index contributed by atoms with van der Waals surface area (Å²) in [6.45, 7) is -4.56. The summed E-state index contributed by atoms with van der Waals surface area (Å²) in [5.41, 5.74) is 0. The minimum Gasteiger partial charge on any atom is -0.829 e. The Morgan fingerprint density at radius 2 is 1.50 bits per heavy atom. The van der Waals surface area contributed by atoms with Crippen molar-refractivity contribution in [1.82, 2.24) is 0 Å². The van der Waals surface area contributed by atoms with E-state index in [0.717, 1.165) is 0 Å². The molecular formula is InO3PS. The van der Waals surface area contributed by atoms with E-state index >= 15 is 0 Å². The summed E-state index contributed by atoms with van der Waals surface area (Å²) in [6.07, 6.45) is 0. The molecule has 0 aliphatic heterocycles. The maximum absolute atomic E-state index is 8.92. The summed E-state index contributed by atoms with van der Waals surface area (Å²) in [5.74, 6) is 0. The molecule has 0 bridgehead atoms. The minimum atomic E-state index is -4.56. The van der Waals surface area contributed by atoms with E-state index in [1.165, 1.54) is 0 Å². The van der Waals surface area contributed by atoms with Crippen LogP contribution in [0.25, 0.3) is 0 Å². The van der Waals surface area contributed by atoms with Gasteiger partial charge in [-0.25, -0.2) is 6.80 Å². The van der Waals surface area contributed by atoms with E-state index in [1.54, 1.807) is 0 Å². The second-order valence-electron chi connectivity index (χ2n) is 0.447. The van der Waals surface area contributed by atoms with Gasteiger partial charge in [-0.15, -0.1) is 0 Å². The van der Waals surface area contributed by atoms with Gasteiger partial charge in [0.2, 0.25) is 0 Å². The van der Waals surface area contributed by atoms with Gasteiger partial charge in [-0.3, -0.25) is 0 Å². The van der Waals surface area contributed by atoms with Crippen molar-refractivity contribution in [2.45, 2.75) is 0 Å². The van der Waals surface area contributed by atoms with Crippen LogP contribution in [-0.4, -0.2) is 25.8 Å². The number of hydrogen-bond donors (Lipinski definition) is 0. The zero-order valence-electron chi connectivity index (χ0n) is 2.66. The molecule has 0 radical (unpaired) electrons. The molecule has 0 atom stereocenters. The molecule has 0 aromatic heterocycles. The Kier molecular flexibility index (Phi) is 5.85. The topological polar surface area (TPSA) is 63.2 Å². The largest absolute Gasteiger partial charge is 3.00 e.